The average molecular weight is 440 g/mol. The first-order chi connectivity index (χ1) is 14.9. The van der Waals surface area contributed by atoms with Gasteiger partial charge in [-0.05, 0) is 136 Å². The van der Waals surface area contributed by atoms with Gasteiger partial charge in [-0.1, -0.05) is 53.2 Å². The molecule has 0 amide bonds. The van der Waals surface area contributed by atoms with Crippen LogP contribution in [-0.2, 0) is 0 Å². The van der Waals surface area contributed by atoms with Gasteiger partial charge in [0.1, 0.15) is 0 Å². The first-order valence-electron chi connectivity index (χ1n) is 14.2. The molecule has 0 bridgehead atoms. The Kier molecular flexibility index (Phi) is 5.21. The van der Waals surface area contributed by atoms with Crippen molar-refractivity contribution >= 4 is 0 Å². The van der Waals surface area contributed by atoms with Gasteiger partial charge in [-0.15, -0.1) is 0 Å². The van der Waals surface area contributed by atoms with Gasteiger partial charge >= 0.3 is 0 Å². The van der Waals surface area contributed by atoms with Crippen LogP contribution < -0.4 is 0 Å². The molecule has 0 spiro atoms. The Morgan fingerprint density at radius 3 is 2.16 bits per heavy atom. The predicted octanol–water partition coefficient (Wildman–Crippen LogP) is 8.35. The van der Waals surface area contributed by atoms with E-state index in [9.17, 15) is 0 Å². The Hall–Kier alpha value is -0.300. The van der Waals surface area contributed by atoms with Crippen molar-refractivity contribution in [3.05, 3.63) is 12.2 Å². The van der Waals surface area contributed by atoms with Gasteiger partial charge < -0.3 is 4.90 Å². The highest BCUT2D eigenvalue weighted by Gasteiger charge is 2.75. The summed E-state index contributed by atoms with van der Waals surface area (Å²) < 4.78 is 0. The van der Waals surface area contributed by atoms with Crippen LogP contribution in [0.3, 0.4) is 0 Å². The Balaban J connectivity index is 1.64. The van der Waals surface area contributed by atoms with Crippen molar-refractivity contribution in [2.45, 2.75) is 118 Å². The molecule has 1 unspecified atom stereocenters. The largest absolute Gasteiger partial charge is 0.303 e. The molecule has 5 saturated carbocycles. The van der Waals surface area contributed by atoms with Crippen LogP contribution in [0.25, 0.3) is 0 Å². The Morgan fingerprint density at radius 1 is 0.781 bits per heavy atom. The first-order valence-corrected chi connectivity index (χ1v) is 14.2. The van der Waals surface area contributed by atoms with Gasteiger partial charge in [-0.2, -0.15) is 0 Å². The molecule has 0 aromatic heterocycles. The van der Waals surface area contributed by atoms with Crippen LogP contribution in [0.4, 0.5) is 0 Å². The van der Waals surface area contributed by atoms with E-state index in [1.54, 1.807) is 0 Å². The third-order valence-electron chi connectivity index (χ3n) is 13.7. The van der Waals surface area contributed by atoms with E-state index < -0.39 is 0 Å². The molecule has 0 heterocycles. The highest BCUT2D eigenvalue weighted by molar-refractivity contribution is 5.27. The number of allylic oxidation sites excluding steroid dienone is 1. The van der Waals surface area contributed by atoms with Gasteiger partial charge in [0.25, 0.3) is 0 Å². The molecule has 9 atom stereocenters. The second-order valence-corrected chi connectivity index (χ2v) is 14.9. The summed E-state index contributed by atoms with van der Waals surface area (Å²) in [6, 6.07) is 0. The van der Waals surface area contributed by atoms with E-state index in [1.165, 1.54) is 76.2 Å². The Bertz CT molecular complexity index is 779. The van der Waals surface area contributed by atoms with Crippen molar-refractivity contribution in [1.29, 1.82) is 0 Å². The fourth-order valence-electron chi connectivity index (χ4n) is 12.4. The zero-order chi connectivity index (χ0) is 23.3. The van der Waals surface area contributed by atoms with Gasteiger partial charge in [0.2, 0.25) is 0 Å². The van der Waals surface area contributed by atoms with E-state index in [0.29, 0.717) is 27.2 Å². The van der Waals surface area contributed by atoms with E-state index in [0.717, 1.165) is 29.6 Å². The van der Waals surface area contributed by atoms with Gasteiger partial charge in [0.15, 0.2) is 0 Å². The van der Waals surface area contributed by atoms with Crippen LogP contribution in [0, 0.1) is 51.2 Å². The van der Waals surface area contributed by atoms with Crippen LogP contribution in [0.1, 0.15) is 112 Å². The lowest BCUT2D eigenvalue weighted by Gasteiger charge is -2.78. The molecule has 0 N–H and O–H groups in total. The monoisotopic (exact) mass is 439 g/mol. The summed E-state index contributed by atoms with van der Waals surface area (Å²) in [5.41, 5.74) is 3.60. The molecule has 182 valence electrons. The molecule has 5 aliphatic carbocycles. The van der Waals surface area contributed by atoms with Gasteiger partial charge in [0.05, 0.1) is 0 Å². The van der Waals surface area contributed by atoms with Crippen LogP contribution in [-0.4, -0.2) is 24.5 Å². The summed E-state index contributed by atoms with van der Waals surface area (Å²) in [4.78, 5) is 2.79. The van der Waals surface area contributed by atoms with Crippen molar-refractivity contribution < 1.29 is 0 Å². The first kappa shape index (κ1) is 23.4. The molecule has 0 aromatic rings. The van der Waals surface area contributed by atoms with Crippen LogP contribution in [0.2, 0.25) is 0 Å². The summed E-state index contributed by atoms with van der Waals surface area (Å²) in [5, 5.41) is 0. The molecule has 1 nitrogen and oxygen atoms in total. The smallest absolute Gasteiger partial charge is 0.0318 e. The molecule has 5 rings (SSSR count). The molecule has 1 heteroatoms. The number of rotatable bonds is 2. The number of hydrogen-bond donors (Lipinski definition) is 0. The van der Waals surface area contributed by atoms with E-state index in [2.05, 4.69) is 67.1 Å². The summed E-state index contributed by atoms with van der Waals surface area (Å²) >= 11 is 0. The lowest BCUT2D eigenvalue weighted by atomic mass is 9.30. The van der Waals surface area contributed by atoms with Crippen molar-refractivity contribution in [2.24, 2.45) is 51.2 Å². The highest BCUT2D eigenvalue weighted by Crippen LogP contribution is 2.78. The predicted molar refractivity (Wildman–Crippen MR) is 138 cm³/mol. The maximum absolute atomic E-state index is 4.50. The van der Waals surface area contributed by atoms with Crippen molar-refractivity contribution in [2.75, 3.05) is 14.1 Å². The fraction of sp³-hybridized carbons (Fsp3) is 0.935. The second kappa shape index (κ2) is 7.11. The number of nitrogens with zero attached hydrogens (tertiary/aromatic N) is 1. The van der Waals surface area contributed by atoms with Crippen molar-refractivity contribution in [3.8, 4) is 0 Å². The molecule has 0 radical (unpaired) electrons. The average Bonchev–Trinajstić information content (AvgIpc) is 3.12. The van der Waals surface area contributed by atoms with E-state index in [4.69, 9.17) is 0 Å². The minimum atomic E-state index is 0.329. The minimum absolute atomic E-state index is 0.329. The third kappa shape index (κ3) is 2.56. The Labute approximate surface area is 200 Å². The molecule has 0 aromatic carbocycles. The normalized spacial score (nSPS) is 54.3. The molecular formula is C31H53N. The lowest BCUT2D eigenvalue weighted by molar-refractivity contribution is -0.281. The molecular weight excluding hydrogens is 386 g/mol. The van der Waals surface area contributed by atoms with Crippen LogP contribution in [0.5, 0.6) is 0 Å². The molecule has 0 saturated heterocycles. The fourth-order valence-corrected chi connectivity index (χ4v) is 12.4. The van der Waals surface area contributed by atoms with Crippen LogP contribution in [0.15, 0.2) is 12.2 Å². The van der Waals surface area contributed by atoms with Crippen molar-refractivity contribution in [3.63, 3.8) is 0 Å². The lowest BCUT2D eigenvalue weighted by Crippen LogP contribution is -2.78. The van der Waals surface area contributed by atoms with Crippen LogP contribution >= 0.6 is 0 Å². The Morgan fingerprint density at radius 2 is 1.50 bits per heavy atom. The van der Waals surface area contributed by atoms with E-state index in [1.807, 2.05) is 0 Å². The third-order valence-corrected chi connectivity index (χ3v) is 13.7. The summed E-state index contributed by atoms with van der Waals surface area (Å²) in [6.07, 6.45) is 15.9. The molecule has 0 aliphatic heterocycles. The quantitative estimate of drug-likeness (QED) is 0.391. The molecule has 5 fully saturated rings. The number of fused-ring (bicyclic) bond motifs is 7. The maximum atomic E-state index is 4.50. The number of hydrogen-bond acceptors (Lipinski definition) is 1. The molecule has 5 aliphatic rings. The minimum Gasteiger partial charge on any atom is -0.303 e. The summed E-state index contributed by atoms with van der Waals surface area (Å²) in [5.74, 6) is 4.45. The second-order valence-electron chi connectivity index (χ2n) is 14.9. The zero-order valence-electron chi connectivity index (χ0n) is 22.8. The standard InChI is InChI=1S/C31H53N/c1-21(2)23-12-11-22-13-18-28(5)24(26(22)23)14-20-31(32(8)9)29(6)17-10-16-27(3,4)25(29)15-19-30(28,31)7/h22-26H,1,10-20H2,2-9H3/t22-,23+,24-,25+,26-,28-,29+,30+,31?/m1/s1. The van der Waals surface area contributed by atoms with Gasteiger partial charge in [-0.25, -0.2) is 0 Å². The highest BCUT2D eigenvalue weighted by atomic mass is 15.2. The van der Waals surface area contributed by atoms with Gasteiger partial charge in [-0.3, -0.25) is 0 Å². The SMILES string of the molecule is C=C(C)[C@@H]1CC[C@@H]2CC[C@]3(C)[C@H](CCC4(N(C)C)[C@@]5(C)CCCC(C)(C)[C@@H]5CC[C@]43C)[C@H]21. The summed E-state index contributed by atoms with van der Waals surface area (Å²) in [7, 11) is 4.93. The topological polar surface area (TPSA) is 3.24 Å². The zero-order valence-corrected chi connectivity index (χ0v) is 22.8. The van der Waals surface area contributed by atoms with E-state index in [-0.39, 0.29) is 0 Å². The summed E-state index contributed by atoms with van der Waals surface area (Å²) in [6.45, 7) is 20.4. The van der Waals surface area contributed by atoms with E-state index >= 15 is 0 Å². The molecule has 32 heavy (non-hydrogen) atoms. The maximum Gasteiger partial charge on any atom is 0.0318 e. The van der Waals surface area contributed by atoms with Crippen molar-refractivity contribution in [1.82, 2.24) is 4.90 Å². The van der Waals surface area contributed by atoms with Gasteiger partial charge in [0, 0.05) is 5.54 Å².